The molecular weight excluding hydrogens is 248 g/mol. The van der Waals surface area contributed by atoms with Crippen LogP contribution in [0.25, 0.3) is 0 Å². The van der Waals surface area contributed by atoms with Gasteiger partial charge in [0, 0.05) is 13.1 Å². The molecule has 0 aliphatic carbocycles. The molecule has 0 unspecified atom stereocenters. The number of nitrogens with one attached hydrogen (secondary N) is 1. The molecule has 1 aromatic carbocycles. The molecule has 0 aromatic heterocycles. The van der Waals surface area contributed by atoms with Crippen molar-refractivity contribution in [2.45, 2.75) is 20.8 Å². The third-order valence-electron chi connectivity index (χ3n) is 2.70. The van der Waals surface area contributed by atoms with Gasteiger partial charge in [0.2, 0.25) is 10.0 Å². The van der Waals surface area contributed by atoms with Gasteiger partial charge >= 0.3 is 0 Å². The zero-order chi connectivity index (χ0) is 13.6. The Morgan fingerprint density at radius 2 is 2.00 bits per heavy atom. The van der Waals surface area contributed by atoms with Crippen LogP contribution in [0.3, 0.4) is 0 Å². The van der Waals surface area contributed by atoms with Gasteiger partial charge in [0.1, 0.15) is 0 Å². The van der Waals surface area contributed by atoms with Crippen LogP contribution in [0.4, 0.5) is 5.69 Å². The van der Waals surface area contributed by atoms with Crippen molar-refractivity contribution >= 4 is 15.7 Å². The molecule has 0 fully saturated rings. The Bertz CT molecular complexity index is 472. The second kappa shape index (κ2) is 6.75. The highest BCUT2D eigenvalue weighted by atomic mass is 32.2. The summed E-state index contributed by atoms with van der Waals surface area (Å²) in [6, 6.07) is 7.57. The lowest BCUT2D eigenvalue weighted by Crippen LogP contribution is -2.36. The smallest absolute Gasteiger partial charge is 0.236 e. The van der Waals surface area contributed by atoms with Crippen molar-refractivity contribution in [2.75, 3.05) is 29.7 Å². The first-order valence-electron chi connectivity index (χ1n) is 6.29. The molecule has 0 aliphatic heterocycles. The zero-order valence-electron chi connectivity index (χ0n) is 11.3. The van der Waals surface area contributed by atoms with E-state index in [9.17, 15) is 8.42 Å². The molecule has 0 radical (unpaired) electrons. The van der Waals surface area contributed by atoms with Crippen molar-refractivity contribution in [1.29, 1.82) is 0 Å². The minimum atomic E-state index is -3.24. The van der Waals surface area contributed by atoms with Gasteiger partial charge in [-0.15, -0.1) is 0 Å². The van der Waals surface area contributed by atoms with E-state index in [0.29, 0.717) is 13.1 Å². The van der Waals surface area contributed by atoms with Crippen LogP contribution in [0, 0.1) is 6.92 Å². The minimum absolute atomic E-state index is 0.128. The van der Waals surface area contributed by atoms with E-state index < -0.39 is 10.0 Å². The molecule has 1 aromatic rings. The summed E-state index contributed by atoms with van der Waals surface area (Å²) in [5, 5.41) is 3.04. The monoisotopic (exact) mass is 270 g/mol. The molecule has 0 atom stereocenters. The molecule has 0 aliphatic rings. The number of aryl methyl sites for hydroxylation is 1. The van der Waals surface area contributed by atoms with E-state index in [0.717, 1.165) is 17.8 Å². The SMILES string of the molecule is CCNCCS(=O)(=O)N(CC)c1cccc(C)c1. The molecule has 0 saturated carbocycles. The number of anilines is 1. The number of hydrogen-bond acceptors (Lipinski definition) is 3. The van der Waals surface area contributed by atoms with Gasteiger partial charge in [-0.1, -0.05) is 19.1 Å². The lowest BCUT2D eigenvalue weighted by molar-refractivity contribution is 0.588. The molecule has 18 heavy (non-hydrogen) atoms. The highest BCUT2D eigenvalue weighted by molar-refractivity contribution is 7.92. The van der Waals surface area contributed by atoms with E-state index in [2.05, 4.69) is 5.32 Å². The Hall–Kier alpha value is -1.07. The van der Waals surface area contributed by atoms with Crippen LogP contribution in [0.5, 0.6) is 0 Å². The molecule has 0 saturated heterocycles. The lowest BCUT2D eigenvalue weighted by Gasteiger charge is -2.23. The van der Waals surface area contributed by atoms with E-state index in [4.69, 9.17) is 0 Å². The summed E-state index contributed by atoms with van der Waals surface area (Å²) >= 11 is 0. The summed E-state index contributed by atoms with van der Waals surface area (Å²) in [6.07, 6.45) is 0. The predicted molar refractivity (Wildman–Crippen MR) is 76.5 cm³/mol. The van der Waals surface area contributed by atoms with Crippen LogP contribution >= 0.6 is 0 Å². The molecule has 0 bridgehead atoms. The first-order chi connectivity index (χ1) is 8.51. The molecule has 0 heterocycles. The summed E-state index contributed by atoms with van der Waals surface area (Å²) in [7, 11) is -3.24. The summed E-state index contributed by atoms with van der Waals surface area (Å²) in [6.45, 7) is 7.51. The van der Waals surface area contributed by atoms with Crippen molar-refractivity contribution in [3.05, 3.63) is 29.8 Å². The van der Waals surface area contributed by atoms with E-state index >= 15 is 0 Å². The van der Waals surface area contributed by atoms with Crippen LogP contribution in [-0.2, 0) is 10.0 Å². The first kappa shape index (κ1) is 15.0. The molecular formula is C13H22N2O2S. The highest BCUT2D eigenvalue weighted by Gasteiger charge is 2.20. The van der Waals surface area contributed by atoms with Gasteiger partial charge < -0.3 is 5.32 Å². The van der Waals surface area contributed by atoms with E-state index in [1.165, 1.54) is 4.31 Å². The Morgan fingerprint density at radius 1 is 1.28 bits per heavy atom. The Morgan fingerprint density at radius 3 is 2.56 bits per heavy atom. The first-order valence-corrected chi connectivity index (χ1v) is 7.90. The second-order valence-corrected chi connectivity index (χ2v) is 6.19. The van der Waals surface area contributed by atoms with Gasteiger partial charge in [0.15, 0.2) is 0 Å². The molecule has 0 spiro atoms. The van der Waals surface area contributed by atoms with Crippen molar-refractivity contribution in [3.8, 4) is 0 Å². The zero-order valence-corrected chi connectivity index (χ0v) is 12.1. The van der Waals surface area contributed by atoms with E-state index in [1.807, 2.05) is 45.0 Å². The van der Waals surface area contributed by atoms with Crippen LogP contribution < -0.4 is 9.62 Å². The number of nitrogens with zero attached hydrogens (tertiary/aromatic N) is 1. The fourth-order valence-electron chi connectivity index (χ4n) is 1.81. The largest absolute Gasteiger partial charge is 0.316 e. The fraction of sp³-hybridized carbons (Fsp3) is 0.538. The van der Waals surface area contributed by atoms with E-state index in [-0.39, 0.29) is 5.75 Å². The van der Waals surface area contributed by atoms with Crippen molar-refractivity contribution < 1.29 is 8.42 Å². The summed E-state index contributed by atoms with van der Waals surface area (Å²) < 4.78 is 25.9. The van der Waals surface area contributed by atoms with Crippen LogP contribution in [0.15, 0.2) is 24.3 Å². The normalized spacial score (nSPS) is 11.5. The maximum Gasteiger partial charge on any atom is 0.236 e. The number of hydrogen-bond donors (Lipinski definition) is 1. The third-order valence-corrected chi connectivity index (χ3v) is 4.56. The Kier molecular flexibility index (Phi) is 5.62. The van der Waals surface area contributed by atoms with Gasteiger partial charge in [0.05, 0.1) is 11.4 Å². The number of benzene rings is 1. The third kappa shape index (κ3) is 3.99. The van der Waals surface area contributed by atoms with Crippen LogP contribution in [0.1, 0.15) is 19.4 Å². The minimum Gasteiger partial charge on any atom is -0.316 e. The Balaban J connectivity index is 2.88. The number of sulfonamides is 1. The van der Waals surface area contributed by atoms with Gasteiger partial charge in [0.25, 0.3) is 0 Å². The average Bonchev–Trinajstić information content (AvgIpc) is 2.29. The standard InChI is InChI=1S/C13H22N2O2S/c1-4-14-9-10-18(16,17)15(5-2)13-8-6-7-12(3)11-13/h6-8,11,14H,4-5,9-10H2,1-3H3. The molecule has 1 rings (SSSR count). The van der Waals surface area contributed by atoms with Crippen molar-refractivity contribution in [3.63, 3.8) is 0 Å². The van der Waals surface area contributed by atoms with Gasteiger partial charge in [-0.3, -0.25) is 4.31 Å². The maximum atomic E-state index is 12.2. The van der Waals surface area contributed by atoms with Gasteiger partial charge in [-0.2, -0.15) is 0 Å². The summed E-state index contributed by atoms with van der Waals surface area (Å²) in [5.74, 6) is 0.128. The van der Waals surface area contributed by atoms with Crippen molar-refractivity contribution in [2.24, 2.45) is 0 Å². The lowest BCUT2D eigenvalue weighted by atomic mass is 10.2. The molecule has 0 amide bonds. The maximum absolute atomic E-state index is 12.2. The Labute approximate surface area is 110 Å². The topological polar surface area (TPSA) is 49.4 Å². The predicted octanol–water partition coefficient (Wildman–Crippen LogP) is 1.76. The van der Waals surface area contributed by atoms with Crippen molar-refractivity contribution in [1.82, 2.24) is 5.32 Å². The van der Waals surface area contributed by atoms with E-state index in [1.54, 1.807) is 0 Å². The van der Waals surface area contributed by atoms with Gasteiger partial charge in [-0.25, -0.2) is 8.42 Å². The quantitative estimate of drug-likeness (QED) is 0.768. The second-order valence-electron chi connectivity index (χ2n) is 4.17. The molecule has 102 valence electrons. The van der Waals surface area contributed by atoms with Crippen LogP contribution in [-0.4, -0.2) is 33.8 Å². The van der Waals surface area contributed by atoms with Gasteiger partial charge in [-0.05, 0) is 38.1 Å². The average molecular weight is 270 g/mol. The fourth-order valence-corrected chi connectivity index (χ4v) is 3.26. The van der Waals surface area contributed by atoms with Crippen LogP contribution in [0.2, 0.25) is 0 Å². The highest BCUT2D eigenvalue weighted by Crippen LogP contribution is 2.19. The molecule has 1 N–H and O–H groups in total. The molecule has 4 nitrogen and oxygen atoms in total. The molecule has 5 heteroatoms. The summed E-state index contributed by atoms with van der Waals surface area (Å²) in [4.78, 5) is 0. The summed E-state index contributed by atoms with van der Waals surface area (Å²) in [5.41, 5.74) is 1.81. The number of rotatable bonds is 7.